The third-order valence-electron chi connectivity index (χ3n) is 2.82. The van der Waals surface area contributed by atoms with Gasteiger partial charge in [-0.15, -0.1) is 0 Å². The molecule has 0 spiro atoms. The molecule has 0 fully saturated rings. The minimum absolute atomic E-state index is 0.222. The minimum atomic E-state index is -0.531. The van der Waals surface area contributed by atoms with Gasteiger partial charge in [0.1, 0.15) is 0 Å². The minimum Gasteiger partial charge on any atom is -0.366 e. The van der Waals surface area contributed by atoms with E-state index in [0.717, 1.165) is 5.56 Å². The molecule has 1 rings (SSSR count). The van der Waals surface area contributed by atoms with Crippen LogP contribution < -0.4 is 16.8 Å². The lowest BCUT2D eigenvalue weighted by Crippen LogP contribution is -2.36. The topological polar surface area (TPSA) is 98.2 Å². The number of carbonyl (C=O) groups is 2. The van der Waals surface area contributed by atoms with E-state index in [0.29, 0.717) is 23.6 Å². The molecular weight excluding hydrogens is 242 g/mol. The largest absolute Gasteiger partial charge is 0.366 e. The highest BCUT2D eigenvalue weighted by Gasteiger charge is 2.15. The van der Waals surface area contributed by atoms with Crippen molar-refractivity contribution in [2.45, 2.75) is 33.2 Å². The molecule has 0 saturated heterocycles. The molecule has 104 valence electrons. The van der Waals surface area contributed by atoms with E-state index >= 15 is 0 Å². The summed E-state index contributed by atoms with van der Waals surface area (Å²) in [7, 11) is 0. The van der Waals surface area contributed by atoms with Crippen LogP contribution in [0, 0.1) is 12.8 Å². The average Bonchev–Trinajstić information content (AvgIpc) is 2.27. The molecule has 2 amide bonds. The van der Waals surface area contributed by atoms with Gasteiger partial charge in [0.2, 0.25) is 11.8 Å². The molecule has 0 aliphatic heterocycles. The first-order valence-electron chi connectivity index (χ1n) is 6.28. The third-order valence-corrected chi connectivity index (χ3v) is 2.82. The molecule has 0 bridgehead atoms. The highest BCUT2D eigenvalue weighted by molar-refractivity contribution is 5.97. The molecule has 0 heterocycles. The van der Waals surface area contributed by atoms with Gasteiger partial charge >= 0.3 is 0 Å². The van der Waals surface area contributed by atoms with E-state index in [4.69, 9.17) is 11.5 Å². The second kappa shape index (κ2) is 6.33. The van der Waals surface area contributed by atoms with Crippen LogP contribution in [0.5, 0.6) is 0 Å². The van der Waals surface area contributed by atoms with Gasteiger partial charge in [-0.05, 0) is 43.0 Å². The van der Waals surface area contributed by atoms with Gasteiger partial charge in [0.15, 0.2) is 0 Å². The van der Waals surface area contributed by atoms with Crippen LogP contribution in [-0.2, 0) is 4.79 Å². The average molecular weight is 263 g/mol. The standard InChI is InChI=1S/C14H21N3O2/c1-8(2)6-12(15)14(19)17-10-4-5-11(13(16)18)9(3)7-10/h4-5,7-8,12H,6,15H2,1-3H3,(H2,16,18)(H,17,19)/t12-/m0/s1. The Balaban J connectivity index is 2.75. The lowest BCUT2D eigenvalue weighted by molar-refractivity contribution is -0.117. The van der Waals surface area contributed by atoms with Gasteiger partial charge in [-0.25, -0.2) is 0 Å². The maximum atomic E-state index is 11.9. The zero-order chi connectivity index (χ0) is 14.6. The molecule has 0 aliphatic rings. The van der Waals surface area contributed by atoms with Crippen LogP contribution >= 0.6 is 0 Å². The SMILES string of the molecule is Cc1cc(NC(=O)[C@@H](N)CC(C)C)ccc1C(N)=O. The van der Waals surface area contributed by atoms with Gasteiger partial charge in [-0.2, -0.15) is 0 Å². The van der Waals surface area contributed by atoms with Crippen molar-refractivity contribution >= 4 is 17.5 Å². The van der Waals surface area contributed by atoms with Crippen LogP contribution in [0.1, 0.15) is 36.2 Å². The van der Waals surface area contributed by atoms with E-state index in [1.165, 1.54) is 0 Å². The summed E-state index contributed by atoms with van der Waals surface area (Å²) in [6.07, 6.45) is 0.629. The smallest absolute Gasteiger partial charge is 0.248 e. The molecule has 5 heteroatoms. The summed E-state index contributed by atoms with van der Waals surface area (Å²) in [4.78, 5) is 22.9. The fourth-order valence-electron chi connectivity index (χ4n) is 1.87. The van der Waals surface area contributed by atoms with Gasteiger partial charge in [0.05, 0.1) is 6.04 Å². The molecule has 0 saturated carbocycles. The lowest BCUT2D eigenvalue weighted by atomic mass is 10.0. The van der Waals surface area contributed by atoms with Crippen molar-refractivity contribution in [1.82, 2.24) is 0 Å². The molecule has 0 unspecified atom stereocenters. The molecule has 5 N–H and O–H groups in total. The van der Waals surface area contributed by atoms with Crippen LogP contribution in [0.3, 0.4) is 0 Å². The monoisotopic (exact) mass is 263 g/mol. The van der Waals surface area contributed by atoms with E-state index < -0.39 is 11.9 Å². The van der Waals surface area contributed by atoms with Crippen molar-refractivity contribution in [2.75, 3.05) is 5.32 Å². The van der Waals surface area contributed by atoms with E-state index in [-0.39, 0.29) is 5.91 Å². The van der Waals surface area contributed by atoms with Crippen LogP contribution in [-0.4, -0.2) is 17.9 Å². The molecule has 1 aromatic carbocycles. The zero-order valence-corrected chi connectivity index (χ0v) is 11.6. The zero-order valence-electron chi connectivity index (χ0n) is 11.6. The number of nitrogens with two attached hydrogens (primary N) is 2. The summed E-state index contributed by atoms with van der Waals surface area (Å²) < 4.78 is 0. The molecule has 0 aliphatic carbocycles. The molecular formula is C14H21N3O2. The Morgan fingerprint density at radius 1 is 1.32 bits per heavy atom. The van der Waals surface area contributed by atoms with Crippen LogP contribution in [0.15, 0.2) is 18.2 Å². The number of primary amides is 1. The van der Waals surface area contributed by atoms with E-state index in [1.54, 1.807) is 25.1 Å². The number of anilines is 1. The van der Waals surface area contributed by atoms with Crippen LogP contribution in [0.25, 0.3) is 0 Å². The van der Waals surface area contributed by atoms with Crippen molar-refractivity contribution in [1.29, 1.82) is 0 Å². The number of nitrogens with one attached hydrogen (secondary N) is 1. The lowest BCUT2D eigenvalue weighted by Gasteiger charge is -2.14. The summed E-state index contributed by atoms with van der Waals surface area (Å²) in [5, 5.41) is 2.74. The Kier molecular flexibility index (Phi) is 5.06. The van der Waals surface area contributed by atoms with Crippen LogP contribution in [0.4, 0.5) is 5.69 Å². The van der Waals surface area contributed by atoms with Gasteiger partial charge in [0, 0.05) is 11.3 Å². The van der Waals surface area contributed by atoms with Crippen molar-refractivity contribution in [3.63, 3.8) is 0 Å². The molecule has 5 nitrogen and oxygen atoms in total. The van der Waals surface area contributed by atoms with Crippen molar-refractivity contribution in [2.24, 2.45) is 17.4 Å². The second-order valence-electron chi connectivity index (χ2n) is 5.12. The molecule has 0 radical (unpaired) electrons. The Morgan fingerprint density at radius 2 is 1.95 bits per heavy atom. The van der Waals surface area contributed by atoms with Crippen molar-refractivity contribution in [3.05, 3.63) is 29.3 Å². The number of benzene rings is 1. The van der Waals surface area contributed by atoms with Gasteiger partial charge in [-0.3, -0.25) is 9.59 Å². The number of carbonyl (C=O) groups excluding carboxylic acids is 2. The summed E-state index contributed by atoms with van der Waals surface area (Å²) in [6.45, 7) is 5.79. The van der Waals surface area contributed by atoms with Crippen molar-refractivity contribution < 1.29 is 9.59 Å². The number of hydrogen-bond donors (Lipinski definition) is 3. The quantitative estimate of drug-likeness (QED) is 0.749. The Morgan fingerprint density at radius 3 is 2.42 bits per heavy atom. The predicted octanol–water partition coefficient (Wildman–Crippen LogP) is 1.41. The first-order valence-corrected chi connectivity index (χ1v) is 6.28. The summed E-state index contributed by atoms with van der Waals surface area (Å²) in [6, 6.07) is 4.42. The molecule has 1 atom stereocenters. The van der Waals surface area contributed by atoms with Gasteiger partial charge in [-0.1, -0.05) is 13.8 Å². The number of amides is 2. The molecule has 1 aromatic rings. The third kappa shape index (κ3) is 4.37. The summed E-state index contributed by atoms with van der Waals surface area (Å²) in [5.41, 5.74) is 12.8. The Hall–Kier alpha value is -1.88. The fraction of sp³-hybridized carbons (Fsp3) is 0.429. The number of hydrogen-bond acceptors (Lipinski definition) is 3. The van der Waals surface area contributed by atoms with E-state index in [2.05, 4.69) is 5.32 Å². The first-order chi connectivity index (χ1) is 8.81. The maximum absolute atomic E-state index is 11.9. The maximum Gasteiger partial charge on any atom is 0.248 e. The second-order valence-corrected chi connectivity index (χ2v) is 5.12. The number of aryl methyl sites for hydroxylation is 1. The predicted molar refractivity (Wildman–Crippen MR) is 75.8 cm³/mol. The highest BCUT2D eigenvalue weighted by Crippen LogP contribution is 2.15. The van der Waals surface area contributed by atoms with Gasteiger partial charge in [0.25, 0.3) is 0 Å². The molecule has 19 heavy (non-hydrogen) atoms. The van der Waals surface area contributed by atoms with E-state index in [1.807, 2.05) is 13.8 Å². The summed E-state index contributed by atoms with van der Waals surface area (Å²) in [5.74, 6) is -0.341. The van der Waals surface area contributed by atoms with E-state index in [9.17, 15) is 9.59 Å². The van der Waals surface area contributed by atoms with Crippen molar-refractivity contribution in [3.8, 4) is 0 Å². The normalized spacial score (nSPS) is 12.3. The highest BCUT2D eigenvalue weighted by atomic mass is 16.2. The Bertz CT molecular complexity index is 484. The summed E-state index contributed by atoms with van der Waals surface area (Å²) >= 11 is 0. The Labute approximate surface area is 113 Å². The number of rotatable bonds is 5. The molecule has 0 aromatic heterocycles. The van der Waals surface area contributed by atoms with Gasteiger partial charge < -0.3 is 16.8 Å². The first kappa shape index (κ1) is 15.2. The fourth-order valence-corrected chi connectivity index (χ4v) is 1.87. The van der Waals surface area contributed by atoms with Crippen LogP contribution in [0.2, 0.25) is 0 Å².